The van der Waals surface area contributed by atoms with E-state index in [1.807, 2.05) is 0 Å². The van der Waals surface area contributed by atoms with Crippen LogP contribution < -0.4 is 10.4 Å². The van der Waals surface area contributed by atoms with Crippen molar-refractivity contribution in [2.24, 2.45) is 0 Å². The van der Waals surface area contributed by atoms with Crippen molar-refractivity contribution >= 4 is 24.5 Å². The minimum Gasteiger partial charge on any atom is -0.0962 e. The van der Waals surface area contributed by atoms with Crippen LogP contribution >= 0.6 is 0 Å². The van der Waals surface area contributed by atoms with Crippen LogP contribution in [0.3, 0.4) is 0 Å². The summed E-state index contributed by atoms with van der Waals surface area (Å²) in [6, 6.07) is 26.5. The first-order valence-corrected chi connectivity index (χ1v) is 12.2. The Labute approximate surface area is 176 Å². The SMILES string of the molecule is C=C(C)C1=CC(=Cc2ccccc2)[Si]1(c1ccccc1)c1c(C)cc(C)cc1C. The van der Waals surface area contributed by atoms with E-state index >= 15 is 0 Å². The third kappa shape index (κ3) is 3.16. The minimum absolute atomic E-state index is 1.19. The van der Waals surface area contributed by atoms with Gasteiger partial charge in [-0.25, -0.2) is 0 Å². The third-order valence-electron chi connectivity index (χ3n) is 5.98. The Morgan fingerprint density at radius 3 is 1.93 bits per heavy atom. The number of aryl methyl sites for hydroxylation is 3. The van der Waals surface area contributed by atoms with E-state index in [9.17, 15) is 0 Å². The van der Waals surface area contributed by atoms with Crippen molar-refractivity contribution in [3.05, 3.63) is 124 Å². The molecule has 0 aliphatic carbocycles. The molecule has 3 aromatic carbocycles. The summed E-state index contributed by atoms with van der Waals surface area (Å²) in [6.45, 7) is 13.3. The molecule has 3 aromatic rings. The van der Waals surface area contributed by atoms with Crippen LogP contribution in [0.2, 0.25) is 0 Å². The van der Waals surface area contributed by atoms with Gasteiger partial charge >= 0.3 is 0 Å². The Kier molecular flexibility index (Phi) is 5.02. The van der Waals surface area contributed by atoms with Gasteiger partial charge in [0.25, 0.3) is 0 Å². The first kappa shape index (κ1) is 19.4. The molecule has 4 rings (SSSR count). The van der Waals surface area contributed by atoms with Crippen LogP contribution in [0.5, 0.6) is 0 Å². The monoisotopic (exact) mass is 392 g/mol. The maximum atomic E-state index is 4.38. The van der Waals surface area contributed by atoms with E-state index in [0.717, 1.165) is 0 Å². The van der Waals surface area contributed by atoms with E-state index in [1.54, 1.807) is 0 Å². The van der Waals surface area contributed by atoms with E-state index < -0.39 is 8.07 Å². The summed E-state index contributed by atoms with van der Waals surface area (Å²) in [5.41, 5.74) is 6.56. The lowest BCUT2D eigenvalue weighted by Crippen LogP contribution is -2.67. The highest BCUT2D eigenvalue weighted by Crippen LogP contribution is 2.41. The van der Waals surface area contributed by atoms with Crippen molar-refractivity contribution in [3.8, 4) is 0 Å². The van der Waals surface area contributed by atoms with Gasteiger partial charge in [-0.2, -0.15) is 0 Å². The smallest absolute Gasteiger partial charge is 0.0962 e. The fourth-order valence-electron chi connectivity index (χ4n) is 4.98. The highest BCUT2D eigenvalue weighted by molar-refractivity contribution is 7.16. The molecule has 1 heteroatoms. The molecule has 0 nitrogen and oxygen atoms in total. The molecule has 1 atom stereocenters. The van der Waals surface area contributed by atoms with Crippen molar-refractivity contribution in [3.63, 3.8) is 0 Å². The van der Waals surface area contributed by atoms with Crippen LogP contribution in [-0.2, 0) is 0 Å². The maximum absolute atomic E-state index is 4.38. The zero-order valence-electron chi connectivity index (χ0n) is 17.8. The van der Waals surface area contributed by atoms with Gasteiger partial charge in [-0.15, -0.1) is 0 Å². The molecule has 1 aliphatic rings. The van der Waals surface area contributed by atoms with Gasteiger partial charge in [-0.1, -0.05) is 114 Å². The Balaban J connectivity index is 2.09. The summed E-state index contributed by atoms with van der Waals surface area (Å²) in [5, 5.41) is 5.87. The molecule has 0 amide bonds. The third-order valence-corrected chi connectivity index (χ3v) is 11.2. The molecule has 0 spiro atoms. The minimum atomic E-state index is -2.29. The Morgan fingerprint density at radius 2 is 1.38 bits per heavy atom. The van der Waals surface area contributed by atoms with Crippen LogP contribution in [0.15, 0.2) is 101 Å². The first-order chi connectivity index (χ1) is 13.9. The van der Waals surface area contributed by atoms with Crippen LogP contribution in [0, 0.1) is 20.8 Å². The number of allylic oxidation sites excluding steroid dienone is 4. The Bertz CT molecular complexity index is 1110. The summed E-state index contributed by atoms with van der Waals surface area (Å²) < 4.78 is 0. The summed E-state index contributed by atoms with van der Waals surface area (Å²) in [5.74, 6) is 0. The van der Waals surface area contributed by atoms with E-state index in [0.29, 0.717) is 0 Å². The number of rotatable bonds is 4. The zero-order valence-corrected chi connectivity index (χ0v) is 18.8. The molecule has 0 fully saturated rings. The van der Waals surface area contributed by atoms with Gasteiger partial charge in [0, 0.05) is 0 Å². The molecule has 0 bridgehead atoms. The van der Waals surface area contributed by atoms with E-state index in [1.165, 1.54) is 48.6 Å². The lowest BCUT2D eigenvalue weighted by molar-refractivity contribution is 1.33. The summed E-state index contributed by atoms with van der Waals surface area (Å²) in [4.78, 5) is 0. The molecule has 0 radical (unpaired) electrons. The molecular formula is C28H28Si. The predicted molar refractivity (Wildman–Crippen MR) is 129 cm³/mol. The second kappa shape index (κ2) is 7.49. The molecule has 0 saturated carbocycles. The average molecular weight is 393 g/mol. The highest BCUT2D eigenvalue weighted by atomic mass is 28.3. The Hall–Kier alpha value is -2.90. The maximum Gasteiger partial charge on any atom is 0.180 e. The van der Waals surface area contributed by atoms with Gasteiger partial charge in [0.1, 0.15) is 0 Å². The van der Waals surface area contributed by atoms with Gasteiger partial charge in [0.05, 0.1) is 0 Å². The van der Waals surface area contributed by atoms with Gasteiger partial charge in [-0.3, -0.25) is 0 Å². The van der Waals surface area contributed by atoms with E-state index in [-0.39, 0.29) is 0 Å². The van der Waals surface area contributed by atoms with Crippen molar-refractivity contribution in [2.75, 3.05) is 0 Å². The lowest BCUT2D eigenvalue weighted by atomic mass is 10.1. The molecule has 29 heavy (non-hydrogen) atoms. The van der Waals surface area contributed by atoms with Crippen molar-refractivity contribution < 1.29 is 0 Å². The van der Waals surface area contributed by atoms with Gasteiger partial charge < -0.3 is 0 Å². The number of hydrogen-bond acceptors (Lipinski definition) is 0. The number of hydrogen-bond donors (Lipinski definition) is 0. The predicted octanol–water partition coefficient (Wildman–Crippen LogP) is 5.85. The fourth-order valence-corrected chi connectivity index (χ4v) is 10.3. The molecule has 144 valence electrons. The molecule has 1 unspecified atom stereocenters. The molecule has 0 N–H and O–H groups in total. The van der Waals surface area contributed by atoms with Crippen molar-refractivity contribution in [1.82, 2.24) is 0 Å². The molecule has 0 aromatic heterocycles. The van der Waals surface area contributed by atoms with Crippen molar-refractivity contribution in [1.29, 1.82) is 0 Å². The van der Waals surface area contributed by atoms with Crippen LogP contribution in [-0.4, -0.2) is 8.07 Å². The average Bonchev–Trinajstić information content (AvgIpc) is 2.68. The van der Waals surface area contributed by atoms with Crippen LogP contribution in [0.25, 0.3) is 6.08 Å². The molecule has 1 aliphatic heterocycles. The fraction of sp³-hybridized carbons (Fsp3) is 0.143. The zero-order chi connectivity index (χ0) is 20.6. The van der Waals surface area contributed by atoms with Gasteiger partial charge in [0.2, 0.25) is 0 Å². The largest absolute Gasteiger partial charge is 0.180 e. The van der Waals surface area contributed by atoms with E-state index in [4.69, 9.17) is 0 Å². The summed E-state index contributed by atoms with van der Waals surface area (Å²) >= 11 is 0. The Morgan fingerprint density at radius 1 is 0.828 bits per heavy atom. The second-order valence-corrected chi connectivity index (χ2v) is 11.9. The lowest BCUT2D eigenvalue weighted by Gasteiger charge is -2.46. The van der Waals surface area contributed by atoms with Gasteiger partial charge in [0.15, 0.2) is 8.07 Å². The first-order valence-electron chi connectivity index (χ1n) is 10.2. The van der Waals surface area contributed by atoms with Crippen molar-refractivity contribution in [2.45, 2.75) is 27.7 Å². The summed E-state index contributed by atoms with van der Waals surface area (Å²) in [7, 11) is -2.29. The van der Waals surface area contributed by atoms with Gasteiger partial charge in [-0.05, 0) is 54.0 Å². The number of benzene rings is 3. The molecular weight excluding hydrogens is 364 g/mol. The molecule has 1 heterocycles. The van der Waals surface area contributed by atoms with Crippen LogP contribution in [0.1, 0.15) is 29.2 Å². The van der Waals surface area contributed by atoms with E-state index in [2.05, 4.69) is 119 Å². The summed E-state index contributed by atoms with van der Waals surface area (Å²) in [6.07, 6.45) is 4.78. The standard InChI is InChI=1S/C28H28Si/c1-20(2)27-19-26(18-24-12-8-6-9-13-24)29(27,25-14-10-7-11-15-25)28-22(4)16-21(3)17-23(28)5/h6-19H,1H2,2-5H3. The highest BCUT2D eigenvalue weighted by Gasteiger charge is 2.51. The molecule has 0 saturated heterocycles. The van der Waals surface area contributed by atoms with Crippen LogP contribution in [0.4, 0.5) is 0 Å². The second-order valence-electron chi connectivity index (χ2n) is 8.24. The topological polar surface area (TPSA) is 0 Å². The normalized spacial score (nSPS) is 19.6. The quantitative estimate of drug-likeness (QED) is 0.488.